The molecule has 2 aromatic heterocycles. The molecule has 1 atom stereocenters. The first-order valence-corrected chi connectivity index (χ1v) is 8.76. The predicted molar refractivity (Wildman–Crippen MR) is 96.3 cm³/mol. The molecule has 9 heteroatoms. The number of fused-ring (bicyclic) bond motifs is 1. The normalized spacial score (nSPS) is 16.3. The number of ether oxygens (including phenoxy) is 1. The maximum Gasteiger partial charge on any atom is 0.319 e. The van der Waals surface area contributed by atoms with Crippen LogP contribution in [0.3, 0.4) is 0 Å². The van der Waals surface area contributed by atoms with Crippen LogP contribution >= 0.6 is 0 Å². The average molecular weight is 388 g/mol. The Morgan fingerprint density at radius 1 is 1.25 bits per heavy atom. The maximum absolute atomic E-state index is 13.4. The molecular weight excluding hydrogens is 370 g/mol. The quantitative estimate of drug-likeness (QED) is 0.626. The highest BCUT2D eigenvalue weighted by Crippen LogP contribution is 2.48. The van der Waals surface area contributed by atoms with Crippen molar-refractivity contribution in [3.8, 4) is 0 Å². The standard InChI is InChI=1S/C19H18F2N4O3/c1-24-9-6-11-12(4-3-5-13(11)16(24)26)15(17(27)28-2)14-10-25(23-22-14)19(7-8-19)18(20)21/h3-6,9-10,15,18H,7-8H2,1-2H3. The number of aryl methyl sites for hydroxylation is 1. The first-order chi connectivity index (χ1) is 13.4. The van der Waals surface area contributed by atoms with E-state index >= 15 is 0 Å². The molecule has 28 heavy (non-hydrogen) atoms. The van der Waals surface area contributed by atoms with Gasteiger partial charge in [-0.3, -0.25) is 9.59 Å². The predicted octanol–water partition coefficient (Wildman–Crippen LogP) is 2.19. The third-order valence-corrected chi connectivity index (χ3v) is 5.33. The van der Waals surface area contributed by atoms with Gasteiger partial charge >= 0.3 is 5.97 Å². The van der Waals surface area contributed by atoms with Crippen LogP contribution in [0, 0.1) is 0 Å². The second-order valence-corrected chi connectivity index (χ2v) is 6.99. The minimum absolute atomic E-state index is 0.201. The molecule has 146 valence electrons. The van der Waals surface area contributed by atoms with Crippen molar-refractivity contribution in [2.45, 2.75) is 30.7 Å². The summed E-state index contributed by atoms with van der Waals surface area (Å²) in [6.07, 6.45) is 1.02. The SMILES string of the molecule is COC(=O)C(c1cn(C2(C(F)F)CC2)nn1)c1cccc2c(=O)n(C)ccc12. The Kier molecular flexibility index (Phi) is 4.24. The van der Waals surface area contributed by atoms with Crippen LogP contribution in [0.1, 0.15) is 30.0 Å². The summed E-state index contributed by atoms with van der Waals surface area (Å²) >= 11 is 0. The largest absolute Gasteiger partial charge is 0.468 e. The van der Waals surface area contributed by atoms with Gasteiger partial charge in [0, 0.05) is 18.6 Å². The van der Waals surface area contributed by atoms with E-state index < -0.39 is 23.9 Å². The van der Waals surface area contributed by atoms with E-state index in [0.717, 1.165) is 4.68 Å². The van der Waals surface area contributed by atoms with Crippen molar-refractivity contribution in [1.29, 1.82) is 0 Å². The summed E-state index contributed by atoms with van der Waals surface area (Å²) in [5.41, 5.74) is -0.843. The Hall–Kier alpha value is -3.10. The molecule has 7 nitrogen and oxygen atoms in total. The van der Waals surface area contributed by atoms with Gasteiger partial charge in [0.25, 0.3) is 12.0 Å². The van der Waals surface area contributed by atoms with Crippen LogP contribution in [0.25, 0.3) is 10.8 Å². The second kappa shape index (κ2) is 6.50. The molecule has 0 saturated heterocycles. The lowest BCUT2D eigenvalue weighted by molar-refractivity contribution is -0.141. The highest BCUT2D eigenvalue weighted by molar-refractivity contribution is 5.92. The number of benzene rings is 1. The van der Waals surface area contributed by atoms with Crippen molar-refractivity contribution in [1.82, 2.24) is 19.6 Å². The Morgan fingerprint density at radius 3 is 2.64 bits per heavy atom. The van der Waals surface area contributed by atoms with Crippen LogP contribution in [-0.4, -0.2) is 39.1 Å². The van der Waals surface area contributed by atoms with Crippen molar-refractivity contribution >= 4 is 16.7 Å². The number of carbonyl (C=O) groups excluding carboxylic acids is 1. The van der Waals surface area contributed by atoms with Gasteiger partial charge in [-0.2, -0.15) is 0 Å². The summed E-state index contributed by atoms with van der Waals surface area (Å²) in [5.74, 6) is -1.59. The van der Waals surface area contributed by atoms with Crippen molar-refractivity contribution < 1.29 is 18.3 Å². The summed E-state index contributed by atoms with van der Waals surface area (Å²) in [6, 6.07) is 6.76. The molecule has 1 saturated carbocycles. The van der Waals surface area contributed by atoms with E-state index in [4.69, 9.17) is 4.74 Å². The molecule has 1 fully saturated rings. The van der Waals surface area contributed by atoms with Crippen molar-refractivity contribution in [2.24, 2.45) is 7.05 Å². The minimum Gasteiger partial charge on any atom is -0.468 e. The third-order valence-electron chi connectivity index (χ3n) is 5.33. The van der Waals surface area contributed by atoms with E-state index in [-0.39, 0.29) is 11.3 Å². The monoisotopic (exact) mass is 388 g/mol. The molecule has 0 bridgehead atoms. The van der Waals surface area contributed by atoms with Crippen LogP contribution in [0.15, 0.2) is 41.5 Å². The minimum atomic E-state index is -2.57. The van der Waals surface area contributed by atoms with Gasteiger partial charge in [-0.15, -0.1) is 5.10 Å². The number of halogens is 2. The fourth-order valence-corrected chi connectivity index (χ4v) is 3.48. The fourth-order valence-electron chi connectivity index (χ4n) is 3.48. The zero-order chi connectivity index (χ0) is 20.1. The number of nitrogens with zero attached hydrogens (tertiary/aromatic N) is 4. The van der Waals surface area contributed by atoms with Gasteiger partial charge in [0.05, 0.1) is 13.3 Å². The Labute approximate surface area is 158 Å². The molecule has 0 radical (unpaired) electrons. The van der Waals surface area contributed by atoms with Crippen LogP contribution in [0.4, 0.5) is 8.78 Å². The first-order valence-electron chi connectivity index (χ1n) is 8.76. The molecule has 1 aliphatic carbocycles. The summed E-state index contributed by atoms with van der Waals surface area (Å²) in [7, 11) is 2.88. The van der Waals surface area contributed by atoms with Gasteiger partial charge in [0.1, 0.15) is 17.2 Å². The smallest absolute Gasteiger partial charge is 0.319 e. The number of pyridine rings is 1. The molecule has 1 unspecified atom stereocenters. The topological polar surface area (TPSA) is 79.0 Å². The van der Waals surface area contributed by atoms with Gasteiger partial charge in [-0.05, 0) is 35.9 Å². The molecular formula is C19H18F2N4O3. The molecule has 0 spiro atoms. The van der Waals surface area contributed by atoms with Gasteiger partial charge < -0.3 is 9.30 Å². The van der Waals surface area contributed by atoms with Crippen molar-refractivity contribution in [2.75, 3.05) is 7.11 Å². The number of alkyl halides is 2. The number of rotatable bonds is 5. The van der Waals surface area contributed by atoms with Crippen LogP contribution in [0.5, 0.6) is 0 Å². The zero-order valence-corrected chi connectivity index (χ0v) is 15.3. The average Bonchev–Trinajstić information content (AvgIpc) is 3.37. The summed E-state index contributed by atoms with van der Waals surface area (Å²) in [4.78, 5) is 25.0. The number of aromatic nitrogens is 4. The summed E-state index contributed by atoms with van der Waals surface area (Å²) in [6.45, 7) is 0. The summed E-state index contributed by atoms with van der Waals surface area (Å²) in [5, 5.41) is 8.87. The second-order valence-electron chi connectivity index (χ2n) is 6.99. The van der Waals surface area contributed by atoms with Gasteiger partial charge in [0.15, 0.2) is 0 Å². The molecule has 0 N–H and O–H groups in total. The van der Waals surface area contributed by atoms with E-state index in [2.05, 4.69) is 10.3 Å². The molecule has 4 rings (SSSR count). The Morgan fingerprint density at radius 2 is 2.00 bits per heavy atom. The highest BCUT2D eigenvalue weighted by Gasteiger charge is 2.54. The lowest BCUT2D eigenvalue weighted by atomic mass is 9.92. The molecule has 3 aromatic rings. The van der Waals surface area contributed by atoms with Crippen molar-refractivity contribution in [3.63, 3.8) is 0 Å². The summed E-state index contributed by atoms with van der Waals surface area (Å²) < 4.78 is 34.3. The van der Waals surface area contributed by atoms with E-state index in [9.17, 15) is 18.4 Å². The third kappa shape index (κ3) is 2.69. The van der Waals surface area contributed by atoms with Gasteiger partial charge in [0.2, 0.25) is 0 Å². The molecule has 1 aliphatic rings. The van der Waals surface area contributed by atoms with Gasteiger partial charge in [-0.25, -0.2) is 13.5 Å². The number of hydrogen-bond donors (Lipinski definition) is 0. The maximum atomic E-state index is 13.4. The van der Waals surface area contributed by atoms with Crippen LogP contribution in [-0.2, 0) is 22.1 Å². The zero-order valence-electron chi connectivity index (χ0n) is 15.3. The molecule has 0 amide bonds. The number of hydrogen-bond acceptors (Lipinski definition) is 5. The molecule has 1 aromatic carbocycles. The lowest BCUT2D eigenvalue weighted by Crippen LogP contribution is -2.26. The van der Waals surface area contributed by atoms with E-state index in [0.29, 0.717) is 29.2 Å². The van der Waals surface area contributed by atoms with Crippen molar-refractivity contribution in [3.05, 3.63) is 58.3 Å². The van der Waals surface area contributed by atoms with E-state index in [1.165, 1.54) is 17.9 Å². The Balaban J connectivity index is 1.87. The fraction of sp³-hybridized carbons (Fsp3) is 0.368. The van der Waals surface area contributed by atoms with E-state index in [1.807, 2.05) is 0 Å². The molecule has 2 heterocycles. The number of carbonyl (C=O) groups is 1. The number of methoxy groups -OCH3 is 1. The van der Waals surface area contributed by atoms with Crippen LogP contribution < -0.4 is 5.56 Å². The lowest BCUT2D eigenvalue weighted by Gasteiger charge is -2.16. The van der Waals surface area contributed by atoms with Crippen LogP contribution in [0.2, 0.25) is 0 Å². The first kappa shape index (κ1) is 18.3. The van der Waals surface area contributed by atoms with E-state index in [1.54, 1.807) is 37.5 Å². The van der Waals surface area contributed by atoms with Gasteiger partial charge in [-0.1, -0.05) is 17.3 Å². The molecule has 0 aliphatic heterocycles. The Bertz CT molecular complexity index is 1120. The highest BCUT2D eigenvalue weighted by atomic mass is 19.3. The number of esters is 1.